The van der Waals surface area contributed by atoms with Crippen molar-refractivity contribution in [2.75, 3.05) is 5.43 Å². The van der Waals surface area contributed by atoms with Gasteiger partial charge in [0.25, 0.3) is 0 Å². The summed E-state index contributed by atoms with van der Waals surface area (Å²) in [7, 11) is 0. The van der Waals surface area contributed by atoms with E-state index in [0.29, 0.717) is 10.8 Å². The lowest BCUT2D eigenvalue weighted by atomic mass is 10.1. The number of anilines is 1. The van der Waals surface area contributed by atoms with Gasteiger partial charge in [-0.15, -0.1) is 12.4 Å². The molecular formula is C10H11Cl2N3. The SMILES string of the molecule is Cc1cc(NN)nc2cc(Cl)ccc12.Cl. The van der Waals surface area contributed by atoms with Gasteiger partial charge in [-0.1, -0.05) is 17.7 Å². The Kier molecular flexibility index (Phi) is 3.74. The van der Waals surface area contributed by atoms with E-state index in [-0.39, 0.29) is 12.4 Å². The molecule has 0 saturated heterocycles. The Morgan fingerprint density at radius 1 is 1.33 bits per heavy atom. The summed E-state index contributed by atoms with van der Waals surface area (Å²) >= 11 is 5.87. The fourth-order valence-electron chi connectivity index (χ4n) is 1.45. The third-order valence-corrected chi connectivity index (χ3v) is 2.36. The van der Waals surface area contributed by atoms with Crippen molar-refractivity contribution in [2.24, 2.45) is 5.84 Å². The van der Waals surface area contributed by atoms with Gasteiger partial charge in [0.2, 0.25) is 0 Å². The summed E-state index contributed by atoms with van der Waals surface area (Å²) < 4.78 is 0. The maximum atomic E-state index is 5.87. The molecule has 0 aliphatic rings. The number of fused-ring (bicyclic) bond motifs is 1. The number of halogens is 2. The van der Waals surface area contributed by atoms with Crippen LogP contribution in [-0.4, -0.2) is 4.98 Å². The van der Waals surface area contributed by atoms with E-state index in [1.54, 1.807) is 0 Å². The van der Waals surface area contributed by atoms with E-state index < -0.39 is 0 Å². The molecule has 0 amide bonds. The zero-order chi connectivity index (χ0) is 10.1. The highest BCUT2D eigenvalue weighted by molar-refractivity contribution is 6.31. The Hall–Kier alpha value is -1.03. The van der Waals surface area contributed by atoms with Crippen LogP contribution in [-0.2, 0) is 0 Å². The number of pyridine rings is 1. The third kappa shape index (κ3) is 2.31. The molecule has 15 heavy (non-hydrogen) atoms. The van der Waals surface area contributed by atoms with E-state index >= 15 is 0 Å². The zero-order valence-corrected chi connectivity index (χ0v) is 9.69. The summed E-state index contributed by atoms with van der Waals surface area (Å²) in [5.41, 5.74) is 4.50. The van der Waals surface area contributed by atoms with Gasteiger partial charge in [-0.25, -0.2) is 10.8 Å². The molecule has 2 aromatic rings. The zero-order valence-electron chi connectivity index (χ0n) is 8.12. The number of nitrogens with zero attached hydrogens (tertiary/aromatic N) is 1. The highest BCUT2D eigenvalue weighted by Crippen LogP contribution is 2.22. The van der Waals surface area contributed by atoms with Crippen molar-refractivity contribution in [3.05, 3.63) is 34.9 Å². The van der Waals surface area contributed by atoms with Gasteiger partial charge >= 0.3 is 0 Å². The molecular weight excluding hydrogens is 233 g/mol. The van der Waals surface area contributed by atoms with Crippen molar-refractivity contribution < 1.29 is 0 Å². The van der Waals surface area contributed by atoms with Crippen LogP contribution >= 0.6 is 24.0 Å². The first-order valence-electron chi connectivity index (χ1n) is 4.24. The third-order valence-electron chi connectivity index (χ3n) is 2.13. The van der Waals surface area contributed by atoms with E-state index in [1.165, 1.54) is 0 Å². The van der Waals surface area contributed by atoms with Crippen LogP contribution < -0.4 is 11.3 Å². The van der Waals surface area contributed by atoms with Crippen LogP contribution in [0.15, 0.2) is 24.3 Å². The molecule has 0 fully saturated rings. The first-order chi connectivity index (χ1) is 6.70. The number of nitrogens with one attached hydrogen (secondary N) is 1. The standard InChI is InChI=1S/C10H10ClN3.ClH/c1-6-4-10(14-12)13-9-5-7(11)2-3-8(6)9;/h2-5H,12H2,1H3,(H,13,14);1H. The maximum Gasteiger partial charge on any atom is 0.140 e. The van der Waals surface area contributed by atoms with Gasteiger partial charge in [-0.05, 0) is 30.7 Å². The second-order valence-electron chi connectivity index (χ2n) is 3.13. The van der Waals surface area contributed by atoms with Crippen LogP contribution in [0.1, 0.15) is 5.56 Å². The molecule has 1 aromatic carbocycles. The van der Waals surface area contributed by atoms with Crippen LogP contribution in [0.2, 0.25) is 5.02 Å². The Balaban J connectivity index is 0.00000112. The summed E-state index contributed by atoms with van der Waals surface area (Å²) in [6.07, 6.45) is 0. The van der Waals surface area contributed by atoms with E-state index in [9.17, 15) is 0 Å². The normalized spacial score (nSPS) is 9.80. The minimum absolute atomic E-state index is 0. The number of hydrazine groups is 1. The van der Waals surface area contributed by atoms with Gasteiger partial charge in [-0.2, -0.15) is 0 Å². The molecule has 5 heteroatoms. The fourth-order valence-corrected chi connectivity index (χ4v) is 1.62. The molecule has 0 aliphatic heterocycles. The van der Waals surface area contributed by atoms with Crippen LogP contribution in [0.5, 0.6) is 0 Å². The van der Waals surface area contributed by atoms with E-state index in [1.807, 2.05) is 31.2 Å². The Bertz CT molecular complexity index is 485. The van der Waals surface area contributed by atoms with E-state index in [0.717, 1.165) is 16.5 Å². The number of nitrogen functional groups attached to an aromatic ring is 1. The van der Waals surface area contributed by atoms with Crippen LogP contribution in [0.25, 0.3) is 10.9 Å². The van der Waals surface area contributed by atoms with Crippen molar-refractivity contribution in [1.29, 1.82) is 0 Å². The molecule has 0 unspecified atom stereocenters. The summed E-state index contributed by atoms with van der Waals surface area (Å²) in [4.78, 5) is 4.29. The van der Waals surface area contributed by atoms with Gasteiger partial charge in [0.15, 0.2) is 0 Å². The Morgan fingerprint density at radius 3 is 2.73 bits per heavy atom. The second kappa shape index (κ2) is 4.66. The van der Waals surface area contributed by atoms with Crippen molar-refractivity contribution in [1.82, 2.24) is 4.98 Å². The number of aromatic nitrogens is 1. The van der Waals surface area contributed by atoms with Gasteiger partial charge in [-0.3, -0.25) is 0 Å². The van der Waals surface area contributed by atoms with Crippen LogP contribution in [0, 0.1) is 6.92 Å². The topological polar surface area (TPSA) is 50.9 Å². The Labute approximate surface area is 99.0 Å². The average Bonchev–Trinajstić information content (AvgIpc) is 2.16. The highest BCUT2D eigenvalue weighted by Gasteiger charge is 2.01. The van der Waals surface area contributed by atoms with Crippen molar-refractivity contribution in [3.63, 3.8) is 0 Å². The second-order valence-corrected chi connectivity index (χ2v) is 3.57. The van der Waals surface area contributed by atoms with Crippen molar-refractivity contribution in [2.45, 2.75) is 6.92 Å². The number of aryl methyl sites for hydroxylation is 1. The molecule has 0 radical (unpaired) electrons. The van der Waals surface area contributed by atoms with E-state index in [4.69, 9.17) is 17.4 Å². The minimum Gasteiger partial charge on any atom is -0.308 e. The van der Waals surface area contributed by atoms with Gasteiger partial charge in [0, 0.05) is 10.4 Å². The molecule has 2 rings (SSSR count). The summed E-state index contributed by atoms with van der Waals surface area (Å²) in [6.45, 7) is 2.01. The summed E-state index contributed by atoms with van der Waals surface area (Å²) in [5.74, 6) is 5.95. The summed E-state index contributed by atoms with van der Waals surface area (Å²) in [6, 6.07) is 7.54. The molecule has 1 aromatic heterocycles. The predicted octanol–water partition coefficient (Wildman–Crippen LogP) is 2.90. The predicted molar refractivity (Wildman–Crippen MR) is 66.5 cm³/mol. The van der Waals surface area contributed by atoms with Gasteiger partial charge < -0.3 is 5.43 Å². The van der Waals surface area contributed by atoms with Crippen LogP contribution in [0.3, 0.4) is 0 Å². The number of nitrogens with two attached hydrogens (primary N) is 1. The quantitative estimate of drug-likeness (QED) is 0.599. The molecule has 1 heterocycles. The number of hydrogen-bond acceptors (Lipinski definition) is 3. The first-order valence-corrected chi connectivity index (χ1v) is 4.62. The largest absolute Gasteiger partial charge is 0.308 e. The lowest BCUT2D eigenvalue weighted by Gasteiger charge is -2.05. The minimum atomic E-state index is 0. The number of benzene rings is 1. The van der Waals surface area contributed by atoms with Crippen molar-refractivity contribution >= 4 is 40.7 Å². The Morgan fingerprint density at radius 2 is 2.07 bits per heavy atom. The first kappa shape index (κ1) is 12.0. The maximum absolute atomic E-state index is 5.87. The molecule has 0 aliphatic carbocycles. The molecule has 0 atom stereocenters. The van der Waals surface area contributed by atoms with Crippen molar-refractivity contribution in [3.8, 4) is 0 Å². The molecule has 0 bridgehead atoms. The molecule has 0 spiro atoms. The highest BCUT2D eigenvalue weighted by atomic mass is 35.5. The van der Waals surface area contributed by atoms with Gasteiger partial charge in [0.1, 0.15) is 5.82 Å². The molecule has 80 valence electrons. The van der Waals surface area contributed by atoms with Crippen LogP contribution in [0.4, 0.5) is 5.82 Å². The lowest BCUT2D eigenvalue weighted by molar-refractivity contribution is 1.25. The smallest absolute Gasteiger partial charge is 0.140 e. The average molecular weight is 244 g/mol. The molecule has 3 nitrogen and oxygen atoms in total. The fraction of sp³-hybridized carbons (Fsp3) is 0.100. The van der Waals surface area contributed by atoms with Gasteiger partial charge in [0.05, 0.1) is 5.52 Å². The monoisotopic (exact) mass is 243 g/mol. The summed E-state index contributed by atoms with van der Waals surface area (Å²) in [5, 5.41) is 1.77. The van der Waals surface area contributed by atoms with E-state index in [2.05, 4.69) is 10.4 Å². The number of hydrogen-bond donors (Lipinski definition) is 2. The molecule has 3 N–H and O–H groups in total. The lowest BCUT2D eigenvalue weighted by Crippen LogP contribution is -2.08. The molecule has 0 saturated carbocycles. The number of rotatable bonds is 1.